The summed E-state index contributed by atoms with van der Waals surface area (Å²) in [4.78, 5) is 37.8. The molecule has 9 nitrogen and oxygen atoms in total. The maximum atomic E-state index is 12.8. The van der Waals surface area contributed by atoms with E-state index in [0.29, 0.717) is 35.9 Å². The highest BCUT2D eigenvalue weighted by molar-refractivity contribution is 9.11. The van der Waals surface area contributed by atoms with Crippen molar-refractivity contribution in [2.45, 2.75) is 59.4 Å². The van der Waals surface area contributed by atoms with E-state index in [1.807, 2.05) is 64.1 Å². The fourth-order valence-corrected chi connectivity index (χ4v) is 7.41. The molecular weight excluding hydrogens is 884 g/mol. The second kappa shape index (κ2) is 19.2. The maximum absolute atomic E-state index is 12.8. The molecule has 4 aromatic carbocycles. The van der Waals surface area contributed by atoms with Crippen molar-refractivity contribution in [2.75, 3.05) is 17.2 Å². The van der Waals surface area contributed by atoms with Crippen molar-refractivity contribution in [3.05, 3.63) is 112 Å². The molecule has 276 valence electrons. The van der Waals surface area contributed by atoms with Gasteiger partial charge >= 0.3 is 11.9 Å². The molecule has 0 aliphatic heterocycles. The van der Waals surface area contributed by atoms with Crippen molar-refractivity contribution in [1.82, 2.24) is 5.32 Å². The summed E-state index contributed by atoms with van der Waals surface area (Å²) in [5.41, 5.74) is 3.69. The topological polar surface area (TPSA) is 115 Å². The van der Waals surface area contributed by atoms with E-state index in [0.717, 1.165) is 16.9 Å². The Morgan fingerprint density at radius 3 is 1.65 bits per heavy atom. The number of amides is 1. The van der Waals surface area contributed by atoms with Gasteiger partial charge < -0.3 is 30.2 Å². The summed E-state index contributed by atoms with van der Waals surface area (Å²) in [7, 11) is 0. The van der Waals surface area contributed by atoms with E-state index >= 15 is 0 Å². The smallest absolute Gasteiger partial charge is 0.333 e. The first-order chi connectivity index (χ1) is 24.6. The summed E-state index contributed by atoms with van der Waals surface area (Å²) >= 11 is 32.9. The molecule has 4 aromatic rings. The van der Waals surface area contributed by atoms with E-state index in [4.69, 9.17) is 60.6 Å². The molecular formula is C37H35Br2Cl4N3O6. The van der Waals surface area contributed by atoms with Gasteiger partial charge in [0.05, 0.1) is 46.8 Å². The third kappa shape index (κ3) is 11.7. The molecule has 0 bridgehead atoms. The van der Waals surface area contributed by atoms with Crippen LogP contribution in [-0.2, 0) is 34.0 Å². The summed E-state index contributed by atoms with van der Waals surface area (Å²) < 4.78 is 18.0. The largest absolute Gasteiger partial charge is 0.486 e. The summed E-state index contributed by atoms with van der Waals surface area (Å²) in [6.07, 6.45) is -0.220. The fraction of sp³-hybridized carbons (Fsp3) is 0.270. The van der Waals surface area contributed by atoms with Crippen LogP contribution in [0.5, 0.6) is 11.5 Å². The van der Waals surface area contributed by atoms with Gasteiger partial charge in [0.1, 0.15) is 25.5 Å². The molecule has 0 aliphatic carbocycles. The second-order valence-corrected chi connectivity index (χ2v) is 15.4. The number of hydrogen-bond acceptors (Lipinski definition) is 8. The molecule has 52 heavy (non-hydrogen) atoms. The van der Waals surface area contributed by atoms with Crippen molar-refractivity contribution in [3.8, 4) is 11.5 Å². The van der Waals surface area contributed by atoms with E-state index in [1.165, 1.54) is 12.1 Å². The van der Waals surface area contributed by atoms with Crippen LogP contribution in [0.25, 0.3) is 0 Å². The standard InChI is InChI=1S/C37H35Br2Cl4N3O6/c1-19(2)45-29-9-5-7-22(33(29)42)17-50-35-25(38)11-21(12-26(35)39)13-31(47)52-32(48)16-44-37(49)24-14-27(40)36(28(41)15-24)51-18-23-8-6-10-30(34(23)43)46-20(3)4/h5-12,14-15,19-20,45-46H,13,16-18H2,1-4H3,(H,44,49). The Labute approximate surface area is 339 Å². The zero-order valence-electron chi connectivity index (χ0n) is 28.5. The highest BCUT2D eigenvalue weighted by Crippen LogP contribution is 2.38. The Balaban J connectivity index is 1.28. The van der Waals surface area contributed by atoms with Crippen LogP contribution in [0.4, 0.5) is 11.4 Å². The Kier molecular flexibility index (Phi) is 15.4. The van der Waals surface area contributed by atoms with Gasteiger partial charge in [0.2, 0.25) is 0 Å². The van der Waals surface area contributed by atoms with E-state index in [1.54, 1.807) is 12.1 Å². The molecule has 3 N–H and O–H groups in total. The lowest BCUT2D eigenvalue weighted by Gasteiger charge is -2.16. The zero-order chi connectivity index (χ0) is 38.1. The first-order valence-electron chi connectivity index (χ1n) is 15.9. The molecule has 0 saturated heterocycles. The molecule has 0 fully saturated rings. The molecule has 1 amide bonds. The number of esters is 2. The number of nitrogens with one attached hydrogen (secondary N) is 3. The SMILES string of the molecule is CC(C)Nc1cccc(COc2c(Cl)cc(C(=O)NCC(=O)OC(=O)Cc3cc(Br)c(OCc4cccc(NC(C)C)c4Cl)c(Br)c3)cc2Cl)c1Cl. The Bertz CT molecular complexity index is 1910. The van der Waals surface area contributed by atoms with Crippen LogP contribution in [0.2, 0.25) is 20.1 Å². The molecule has 0 spiro atoms. The van der Waals surface area contributed by atoms with Crippen LogP contribution in [0.3, 0.4) is 0 Å². The van der Waals surface area contributed by atoms with Crippen LogP contribution in [0.1, 0.15) is 54.7 Å². The van der Waals surface area contributed by atoms with Gasteiger partial charge in [-0.05, 0) is 102 Å². The van der Waals surface area contributed by atoms with Crippen LogP contribution in [-0.4, -0.2) is 36.5 Å². The summed E-state index contributed by atoms with van der Waals surface area (Å²) in [5.74, 6) is -1.77. The number of halogens is 6. The van der Waals surface area contributed by atoms with Gasteiger partial charge in [-0.25, -0.2) is 4.79 Å². The maximum Gasteiger partial charge on any atom is 0.333 e. The predicted octanol–water partition coefficient (Wildman–Crippen LogP) is 10.7. The zero-order valence-corrected chi connectivity index (χ0v) is 34.7. The first-order valence-corrected chi connectivity index (χ1v) is 19.0. The lowest BCUT2D eigenvalue weighted by molar-refractivity contribution is -0.158. The van der Waals surface area contributed by atoms with Gasteiger partial charge in [0.25, 0.3) is 5.91 Å². The summed E-state index contributed by atoms with van der Waals surface area (Å²) in [5, 5.41) is 10.2. The number of rotatable bonds is 15. The number of hydrogen-bond donors (Lipinski definition) is 3. The number of anilines is 2. The average Bonchev–Trinajstić information content (AvgIpc) is 3.05. The summed E-state index contributed by atoms with van der Waals surface area (Å²) in [6, 6.07) is 17.7. The third-order valence-corrected chi connectivity index (χ3v) is 9.71. The predicted molar refractivity (Wildman–Crippen MR) is 215 cm³/mol. The fourth-order valence-electron chi connectivity index (χ4n) is 4.83. The van der Waals surface area contributed by atoms with E-state index in [-0.39, 0.29) is 53.1 Å². The Morgan fingerprint density at radius 2 is 1.17 bits per heavy atom. The molecule has 0 heterocycles. The number of carbonyl (C=O) groups excluding carboxylic acids is 3. The van der Waals surface area contributed by atoms with Gasteiger partial charge in [-0.2, -0.15) is 0 Å². The van der Waals surface area contributed by atoms with E-state index in [9.17, 15) is 14.4 Å². The van der Waals surface area contributed by atoms with Crippen molar-refractivity contribution in [3.63, 3.8) is 0 Å². The van der Waals surface area contributed by atoms with Crippen molar-refractivity contribution in [1.29, 1.82) is 0 Å². The molecule has 0 unspecified atom stereocenters. The van der Waals surface area contributed by atoms with Gasteiger partial charge in [-0.3, -0.25) is 9.59 Å². The normalized spacial score (nSPS) is 11.0. The second-order valence-electron chi connectivity index (χ2n) is 12.1. The number of benzene rings is 4. The number of carbonyl (C=O) groups is 3. The highest BCUT2D eigenvalue weighted by atomic mass is 79.9. The van der Waals surface area contributed by atoms with E-state index < -0.39 is 24.4 Å². The minimum Gasteiger partial charge on any atom is -0.486 e. The van der Waals surface area contributed by atoms with E-state index in [2.05, 4.69) is 47.8 Å². The first kappa shape index (κ1) is 41.6. The van der Waals surface area contributed by atoms with Crippen LogP contribution < -0.4 is 25.4 Å². The van der Waals surface area contributed by atoms with Gasteiger partial charge in [-0.1, -0.05) is 70.7 Å². The minimum atomic E-state index is -0.953. The van der Waals surface area contributed by atoms with Gasteiger partial charge in [-0.15, -0.1) is 0 Å². The molecule has 0 atom stereocenters. The van der Waals surface area contributed by atoms with Crippen molar-refractivity contribution >= 4 is 107 Å². The van der Waals surface area contributed by atoms with Crippen LogP contribution >= 0.6 is 78.3 Å². The average molecular weight is 919 g/mol. The molecule has 0 radical (unpaired) electrons. The molecule has 15 heteroatoms. The van der Waals surface area contributed by atoms with Gasteiger partial charge in [0.15, 0.2) is 5.75 Å². The third-order valence-electron chi connectivity index (χ3n) is 7.08. The minimum absolute atomic E-state index is 0.0712. The van der Waals surface area contributed by atoms with Crippen LogP contribution in [0.15, 0.2) is 69.6 Å². The van der Waals surface area contributed by atoms with Crippen molar-refractivity contribution in [2.24, 2.45) is 0 Å². The van der Waals surface area contributed by atoms with Crippen LogP contribution in [0, 0.1) is 0 Å². The Hall–Kier alpha value is -3.19. The quantitative estimate of drug-likeness (QED) is 0.0798. The molecule has 0 aliphatic rings. The lowest BCUT2D eigenvalue weighted by Crippen LogP contribution is -2.32. The molecule has 4 rings (SSSR count). The summed E-state index contributed by atoms with van der Waals surface area (Å²) in [6.45, 7) is 7.75. The molecule has 0 saturated carbocycles. The highest BCUT2D eigenvalue weighted by Gasteiger charge is 2.19. The monoisotopic (exact) mass is 915 g/mol. The van der Waals surface area contributed by atoms with Crippen molar-refractivity contribution < 1.29 is 28.6 Å². The Morgan fingerprint density at radius 1 is 0.692 bits per heavy atom. The van der Waals surface area contributed by atoms with Gasteiger partial charge in [0, 0.05) is 28.8 Å². The molecule has 0 aromatic heterocycles. The lowest BCUT2D eigenvalue weighted by atomic mass is 10.1. The number of ether oxygens (including phenoxy) is 3.